The Morgan fingerprint density at radius 2 is 2.28 bits per heavy atom. The van der Waals surface area contributed by atoms with Crippen LogP contribution in [0.2, 0.25) is 0 Å². The van der Waals surface area contributed by atoms with Crippen LogP contribution in [0.25, 0.3) is 0 Å². The van der Waals surface area contributed by atoms with Gasteiger partial charge in [0, 0.05) is 0 Å². The minimum atomic E-state index is -1.07. The van der Waals surface area contributed by atoms with Crippen molar-refractivity contribution in [3.63, 3.8) is 0 Å². The fourth-order valence-electron chi connectivity index (χ4n) is 2.08. The number of amides is 1. The molecule has 0 aliphatic carbocycles. The molecular formula is C11H15N3O3S. The largest absolute Gasteiger partial charge is 0.478 e. The molecule has 1 saturated heterocycles. The predicted octanol–water partition coefficient (Wildman–Crippen LogP) is 1.09. The van der Waals surface area contributed by atoms with Crippen LogP contribution in [0.3, 0.4) is 0 Å². The molecule has 0 saturated carbocycles. The van der Waals surface area contributed by atoms with Crippen molar-refractivity contribution >= 4 is 28.4 Å². The molecule has 3 N–H and O–H groups in total. The van der Waals surface area contributed by atoms with Crippen LogP contribution < -0.4 is 10.6 Å². The minimum absolute atomic E-state index is 0.0824. The van der Waals surface area contributed by atoms with E-state index in [9.17, 15) is 9.59 Å². The van der Waals surface area contributed by atoms with Gasteiger partial charge in [0.25, 0.3) is 0 Å². The maximum Gasteiger partial charge on any atom is 0.340 e. The zero-order chi connectivity index (χ0) is 13.3. The van der Waals surface area contributed by atoms with Crippen molar-refractivity contribution < 1.29 is 14.7 Å². The van der Waals surface area contributed by atoms with Crippen molar-refractivity contribution in [3.05, 3.63) is 11.3 Å². The van der Waals surface area contributed by atoms with E-state index in [0.29, 0.717) is 10.7 Å². The number of nitrogens with one attached hydrogen (secondary N) is 2. The summed E-state index contributed by atoms with van der Waals surface area (Å²) in [6.07, 6.45) is 0.950. The van der Waals surface area contributed by atoms with E-state index in [2.05, 4.69) is 15.0 Å². The third-order valence-electron chi connectivity index (χ3n) is 3.13. The number of carbonyl (C=O) groups excluding carboxylic acids is 1. The highest BCUT2D eigenvalue weighted by molar-refractivity contribution is 7.11. The Morgan fingerprint density at radius 3 is 2.83 bits per heavy atom. The predicted molar refractivity (Wildman–Crippen MR) is 68.0 cm³/mol. The Balaban J connectivity index is 2.14. The van der Waals surface area contributed by atoms with E-state index in [1.54, 1.807) is 6.92 Å². The van der Waals surface area contributed by atoms with Crippen molar-refractivity contribution in [1.82, 2.24) is 9.69 Å². The van der Waals surface area contributed by atoms with Crippen LogP contribution in [-0.2, 0) is 4.79 Å². The molecule has 1 aromatic rings. The fraction of sp³-hybridized carbons (Fsp3) is 0.545. The van der Waals surface area contributed by atoms with Gasteiger partial charge in [-0.1, -0.05) is 6.92 Å². The lowest BCUT2D eigenvalue weighted by molar-refractivity contribution is -0.118. The first-order valence-electron chi connectivity index (χ1n) is 5.74. The van der Waals surface area contributed by atoms with Gasteiger partial charge >= 0.3 is 5.97 Å². The first-order chi connectivity index (χ1) is 8.50. The number of aromatic carboxylic acids is 1. The normalized spacial score (nSPS) is 23.0. The number of carboxylic acids is 1. The SMILES string of the molecule is Cc1nsc(NC(=O)C2NCCC2C)c1C(=O)O. The lowest BCUT2D eigenvalue weighted by Gasteiger charge is -2.14. The monoisotopic (exact) mass is 269 g/mol. The molecule has 1 aliphatic rings. The number of anilines is 1. The molecule has 2 unspecified atom stereocenters. The second-order valence-electron chi connectivity index (χ2n) is 4.46. The number of carbonyl (C=O) groups is 2. The number of aromatic nitrogens is 1. The van der Waals surface area contributed by atoms with Crippen LogP contribution in [0.4, 0.5) is 5.00 Å². The molecule has 0 bridgehead atoms. The molecule has 18 heavy (non-hydrogen) atoms. The van der Waals surface area contributed by atoms with E-state index in [0.717, 1.165) is 24.5 Å². The van der Waals surface area contributed by atoms with E-state index in [-0.39, 0.29) is 23.4 Å². The first kappa shape index (κ1) is 13.0. The molecule has 6 nitrogen and oxygen atoms in total. The number of nitrogens with zero attached hydrogens (tertiary/aromatic N) is 1. The summed E-state index contributed by atoms with van der Waals surface area (Å²) >= 11 is 1.00. The molecule has 1 fully saturated rings. The molecule has 1 aromatic heterocycles. The van der Waals surface area contributed by atoms with E-state index < -0.39 is 5.97 Å². The maximum absolute atomic E-state index is 12.0. The first-order valence-corrected chi connectivity index (χ1v) is 6.52. The fourth-order valence-corrected chi connectivity index (χ4v) is 2.87. The molecule has 1 amide bonds. The van der Waals surface area contributed by atoms with E-state index in [1.165, 1.54) is 0 Å². The average Bonchev–Trinajstić information content (AvgIpc) is 2.85. The van der Waals surface area contributed by atoms with E-state index in [4.69, 9.17) is 5.11 Å². The van der Waals surface area contributed by atoms with Crippen LogP contribution in [0.1, 0.15) is 29.4 Å². The number of hydrogen-bond acceptors (Lipinski definition) is 5. The quantitative estimate of drug-likeness (QED) is 0.764. The minimum Gasteiger partial charge on any atom is -0.478 e. The van der Waals surface area contributed by atoms with Gasteiger partial charge in [0.2, 0.25) is 5.91 Å². The highest BCUT2D eigenvalue weighted by Crippen LogP contribution is 2.25. The van der Waals surface area contributed by atoms with Crippen LogP contribution >= 0.6 is 11.5 Å². The van der Waals surface area contributed by atoms with Crippen LogP contribution in [-0.4, -0.2) is 33.9 Å². The topological polar surface area (TPSA) is 91.3 Å². The maximum atomic E-state index is 12.0. The van der Waals surface area contributed by atoms with Crippen molar-refractivity contribution in [1.29, 1.82) is 0 Å². The van der Waals surface area contributed by atoms with E-state index >= 15 is 0 Å². The zero-order valence-corrected chi connectivity index (χ0v) is 11.0. The second kappa shape index (κ2) is 5.03. The molecule has 1 aliphatic heterocycles. The summed E-state index contributed by atoms with van der Waals surface area (Å²) in [6.45, 7) is 4.43. The Hall–Kier alpha value is -1.47. The number of aryl methyl sites for hydroxylation is 1. The molecule has 98 valence electrons. The molecule has 0 radical (unpaired) electrons. The molecule has 0 spiro atoms. The Bertz CT molecular complexity index is 486. The third-order valence-corrected chi connectivity index (χ3v) is 3.98. The summed E-state index contributed by atoms with van der Waals surface area (Å²) in [5.41, 5.74) is 0.509. The van der Waals surface area contributed by atoms with Gasteiger partial charge in [0.15, 0.2) is 0 Å². The Labute approximate surface area is 109 Å². The van der Waals surface area contributed by atoms with Crippen molar-refractivity contribution in [2.75, 3.05) is 11.9 Å². The molecule has 2 atom stereocenters. The van der Waals surface area contributed by atoms with Crippen molar-refractivity contribution in [2.24, 2.45) is 5.92 Å². The molecule has 2 heterocycles. The molecule has 2 rings (SSSR count). The van der Waals surface area contributed by atoms with Gasteiger partial charge in [-0.25, -0.2) is 4.79 Å². The van der Waals surface area contributed by atoms with Gasteiger partial charge in [0.1, 0.15) is 10.6 Å². The third kappa shape index (κ3) is 2.37. The van der Waals surface area contributed by atoms with Gasteiger partial charge in [0.05, 0.1) is 11.7 Å². The highest BCUT2D eigenvalue weighted by atomic mass is 32.1. The van der Waals surface area contributed by atoms with Gasteiger partial charge < -0.3 is 15.7 Å². The summed E-state index contributed by atoms with van der Waals surface area (Å²) in [7, 11) is 0. The summed E-state index contributed by atoms with van der Waals surface area (Å²) < 4.78 is 3.96. The molecule has 0 aromatic carbocycles. The van der Waals surface area contributed by atoms with Crippen LogP contribution in [0.5, 0.6) is 0 Å². The summed E-state index contributed by atoms with van der Waals surface area (Å²) in [5.74, 6) is -0.998. The van der Waals surface area contributed by atoms with Crippen molar-refractivity contribution in [2.45, 2.75) is 26.3 Å². The average molecular weight is 269 g/mol. The van der Waals surface area contributed by atoms with Crippen molar-refractivity contribution in [3.8, 4) is 0 Å². The Kier molecular flexibility index (Phi) is 3.63. The Morgan fingerprint density at radius 1 is 1.56 bits per heavy atom. The lowest BCUT2D eigenvalue weighted by Crippen LogP contribution is -2.39. The standard InChI is InChI=1S/C11H15N3O3S/c1-5-3-4-12-8(5)9(15)13-10-7(11(16)17)6(2)14-18-10/h5,8,12H,3-4H2,1-2H3,(H,13,15)(H,16,17). The summed E-state index contributed by atoms with van der Waals surface area (Å²) in [5, 5.41) is 15.1. The van der Waals surface area contributed by atoms with Crippen LogP contribution in [0, 0.1) is 12.8 Å². The lowest BCUT2D eigenvalue weighted by atomic mass is 10.0. The zero-order valence-electron chi connectivity index (χ0n) is 10.2. The highest BCUT2D eigenvalue weighted by Gasteiger charge is 2.30. The smallest absolute Gasteiger partial charge is 0.340 e. The second-order valence-corrected chi connectivity index (χ2v) is 5.24. The summed E-state index contributed by atoms with van der Waals surface area (Å²) in [4.78, 5) is 23.1. The van der Waals surface area contributed by atoms with Gasteiger partial charge in [-0.05, 0) is 37.3 Å². The summed E-state index contributed by atoms with van der Waals surface area (Å²) in [6, 6.07) is -0.256. The number of carboxylic acid groups (broad SMARTS) is 1. The molecule has 7 heteroatoms. The van der Waals surface area contributed by atoms with Crippen LogP contribution in [0.15, 0.2) is 0 Å². The molecular weight excluding hydrogens is 254 g/mol. The number of hydrogen-bond donors (Lipinski definition) is 3. The van der Waals surface area contributed by atoms with Gasteiger partial charge in [-0.15, -0.1) is 0 Å². The number of rotatable bonds is 3. The van der Waals surface area contributed by atoms with Gasteiger partial charge in [-0.2, -0.15) is 4.37 Å². The van der Waals surface area contributed by atoms with E-state index in [1.807, 2.05) is 6.92 Å². The van der Waals surface area contributed by atoms with Gasteiger partial charge in [-0.3, -0.25) is 4.79 Å².